The Hall–Kier alpha value is -2.23. The number of carbonyl (C=O) groups is 1. The van der Waals surface area contributed by atoms with E-state index in [1.54, 1.807) is 24.4 Å². The number of carbonyl (C=O) groups excluding carboxylic acids is 1. The number of alkyl halides is 6. The maximum Gasteiger partial charge on any atom is 0.416 e. The van der Waals surface area contributed by atoms with Gasteiger partial charge in [0.1, 0.15) is 5.75 Å². The molecule has 10 heteroatoms. The molecule has 26 heavy (non-hydrogen) atoms. The molecule has 1 aromatic heterocycles. The second kappa shape index (κ2) is 7.56. The van der Waals surface area contributed by atoms with Gasteiger partial charge in [0.05, 0.1) is 17.2 Å². The zero-order valence-corrected chi connectivity index (χ0v) is 14.1. The second-order valence-corrected chi connectivity index (χ2v) is 6.31. The van der Waals surface area contributed by atoms with E-state index in [1.807, 2.05) is 0 Å². The fraction of sp³-hybridized carbons (Fsp3) is 0.312. The Kier molecular flexibility index (Phi) is 5.84. The predicted octanol–water partition coefficient (Wildman–Crippen LogP) is 5.04. The van der Waals surface area contributed by atoms with E-state index >= 15 is 0 Å². The van der Waals surface area contributed by atoms with Crippen molar-refractivity contribution in [3.8, 4) is 5.75 Å². The number of hydrogen-bond donors (Lipinski definition) is 1. The van der Waals surface area contributed by atoms with E-state index in [0.717, 1.165) is 4.88 Å². The topological polar surface area (TPSA) is 38.3 Å². The first kappa shape index (κ1) is 20.1. The Balaban J connectivity index is 2.09. The van der Waals surface area contributed by atoms with Crippen LogP contribution in [-0.2, 0) is 17.1 Å². The van der Waals surface area contributed by atoms with Crippen LogP contribution in [0.4, 0.5) is 26.3 Å². The molecule has 142 valence electrons. The van der Waals surface area contributed by atoms with Crippen LogP contribution < -0.4 is 10.1 Å². The van der Waals surface area contributed by atoms with Gasteiger partial charge in [-0.15, -0.1) is 11.3 Å². The van der Waals surface area contributed by atoms with Crippen LogP contribution in [-0.4, -0.2) is 12.5 Å². The van der Waals surface area contributed by atoms with Crippen molar-refractivity contribution in [2.75, 3.05) is 6.61 Å². The lowest BCUT2D eigenvalue weighted by molar-refractivity contribution is -0.143. The Morgan fingerprint density at radius 3 is 2.15 bits per heavy atom. The number of thiophene rings is 1. The third-order valence-corrected chi connectivity index (χ3v) is 4.33. The number of ether oxygens (including phenoxy) is 1. The molecule has 1 amide bonds. The summed E-state index contributed by atoms with van der Waals surface area (Å²) >= 11 is 1.39. The number of halogens is 6. The molecule has 0 aliphatic rings. The normalized spacial score (nSPS) is 13.3. The van der Waals surface area contributed by atoms with Crippen LogP contribution >= 0.6 is 11.3 Å². The fourth-order valence-electron chi connectivity index (χ4n) is 2.05. The van der Waals surface area contributed by atoms with Crippen molar-refractivity contribution in [1.82, 2.24) is 5.32 Å². The van der Waals surface area contributed by atoms with Crippen molar-refractivity contribution in [2.24, 2.45) is 0 Å². The van der Waals surface area contributed by atoms with E-state index in [9.17, 15) is 31.1 Å². The predicted molar refractivity (Wildman–Crippen MR) is 82.8 cm³/mol. The number of rotatable bonds is 5. The molecule has 0 fully saturated rings. The summed E-state index contributed by atoms with van der Waals surface area (Å²) < 4.78 is 81.4. The highest BCUT2D eigenvalue weighted by molar-refractivity contribution is 7.10. The third-order valence-electron chi connectivity index (χ3n) is 3.28. The monoisotopic (exact) mass is 397 g/mol. The minimum absolute atomic E-state index is 0.00814. The molecule has 0 radical (unpaired) electrons. The SMILES string of the molecule is CC(NC(=O)COc1cc(C(F)(F)F)cc(C(F)(F)F)c1)c1cccs1. The zero-order valence-electron chi connectivity index (χ0n) is 13.2. The maximum atomic E-state index is 12.8. The van der Waals surface area contributed by atoms with Crippen molar-refractivity contribution >= 4 is 17.2 Å². The maximum absolute atomic E-state index is 12.8. The average molecular weight is 397 g/mol. The van der Waals surface area contributed by atoms with Gasteiger partial charge >= 0.3 is 12.4 Å². The van der Waals surface area contributed by atoms with Crippen molar-refractivity contribution in [1.29, 1.82) is 0 Å². The van der Waals surface area contributed by atoms with Gasteiger partial charge in [0.15, 0.2) is 6.61 Å². The smallest absolute Gasteiger partial charge is 0.416 e. The summed E-state index contributed by atoms with van der Waals surface area (Å²) in [6, 6.07) is 4.03. The highest BCUT2D eigenvalue weighted by Gasteiger charge is 2.37. The van der Waals surface area contributed by atoms with Gasteiger partial charge in [-0.2, -0.15) is 26.3 Å². The minimum Gasteiger partial charge on any atom is -0.484 e. The van der Waals surface area contributed by atoms with E-state index in [-0.39, 0.29) is 12.1 Å². The number of nitrogens with one attached hydrogen (secondary N) is 1. The molecule has 1 heterocycles. The van der Waals surface area contributed by atoms with Crippen LogP contribution in [0.1, 0.15) is 29.0 Å². The molecule has 1 unspecified atom stereocenters. The Morgan fingerprint density at radius 2 is 1.69 bits per heavy atom. The molecule has 0 bridgehead atoms. The summed E-state index contributed by atoms with van der Waals surface area (Å²) in [4.78, 5) is 12.7. The number of benzene rings is 1. The summed E-state index contributed by atoms with van der Waals surface area (Å²) in [7, 11) is 0. The molecule has 0 saturated carbocycles. The lowest BCUT2D eigenvalue weighted by Crippen LogP contribution is -2.31. The van der Waals surface area contributed by atoms with E-state index in [0.29, 0.717) is 12.1 Å². The van der Waals surface area contributed by atoms with Gasteiger partial charge in [-0.25, -0.2) is 0 Å². The summed E-state index contributed by atoms with van der Waals surface area (Å²) in [6.07, 6.45) is -9.95. The Bertz CT molecular complexity index is 723. The number of hydrogen-bond acceptors (Lipinski definition) is 3. The fourth-order valence-corrected chi connectivity index (χ4v) is 2.78. The van der Waals surface area contributed by atoms with Crippen molar-refractivity contribution in [3.63, 3.8) is 0 Å². The Labute approximate surface area is 148 Å². The van der Waals surface area contributed by atoms with Crippen LogP contribution in [0, 0.1) is 0 Å². The first-order valence-corrected chi connectivity index (χ1v) is 8.10. The van der Waals surface area contributed by atoms with E-state index in [2.05, 4.69) is 5.32 Å². The van der Waals surface area contributed by atoms with Gasteiger partial charge in [-0.3, -0.25) is 4.79 Å². The first-order valence-electron chi connectivity index (χ1n) is 7.22. The largest absolute Gasteiger partial charge is 0.484 e. The molecule has 1 atom stereocenters. The lowest BCUT2D eigenvalue weighted by Gasteiger charge is -2.16. The van der Waals surface area contributed by atoms with Gasteiger partial charge in [0.2, 0.25) is 0 Å². The molecule has 1 aromatic carbocycles. The molecular weight excluding hydrogens is 384 g/mol. The summed E-state index contributed by atoms with van der Waals surface area (Å²) in [6.45, 7) is 0.976. The molecule has 1 N–H and O–H groups in total. The van der Waals surface area contributed by atoms with E-state index in [1.165, 1.54) is 11.3 Å². The molecule has 2 rings (SSSR count). The average Bonchev–Trinajstić information content (AvgIpc) is 3.05. The summed E-state index contributed by atoms with van der Waals surface area (Å²) in [5.41, 5.74) is -3.01. The third kappa shape index (κ3) is 5.38. The van der Waals surface area contributed by atoms with Crippen molar-refractivity contribution in [3.05, 3.63) is 51.7 Å². The molecule has 2 aromatic rings. The van der Waals surface area contributed by atoms with Gasteiger partial charge in [-0.1, -0.05) is 6.07 Å². The van der Waals surface area contributed by atoms with Crippen LogP contribution in [0.5, 0.6) is 5.75 Å². The number of amides is 1. The van der Waals surface area contributed by atoms with Crippen LogP contribution in [0.25, 0.3) is 0 Å². The van der Waals surface area contributed by atoms with Gasteiger partial charge < -0.3 is 10.1 Å². The van der Waals surface area contributed by atoms with Crippen molar-refractivity contribution < 1.29 is 35.9 Å². The molecule has 0 saturated heterocycles. The van der Waals surface area contributed by atoms with Crippen LogP contribution in [0.3, 0.4) is 0 Å². The molecule has 0 spiro atoms. The lowest BCUT2D eigenvalue weighted by atomic mass is 10.1. The van der Waals surface area contributed by atoms with Gasteiger partial charge in [-0.05, 0) is 36.6 Å². The summed E-state index contributed by atoms with van der Waals surface area (Å²) in [5.74, 6) is -1.36. The zero-order chi connectivity index (χ0) is 19.5. The van der Waals surface area contributed by atoms with Crippen molar-refractivity contribution in [2.45, 2.75) is 25.3 Å². The highest BCUT2D eigenvalue weighted by Crippen LogP contribution is 2.38. The quantitative estimate of drug-likeness (QED) is 0.718. The first-order chi connectivity index (χ1) is 12.0. The summed E-state index contributed by atoms with van der Waals surface area (Å²) in [5, 5.41) is 4.35. The standard InChI is InChI=1S/C16H13F6NO2S/c1-9(13-3-2-4-26-13)23-14(24)8-25-12-6-10(15(17,18)19)5-11(7-12)16(20,21)22/h2-7,9H,8H2,1H3,(H,23,24). The van der Waals surface area contributed by atoms with E-state index in [4.69, 9.17) is 4.74 Å². The van der Waals surface area contributed by atoms with Gasteiger partial charge in [0.25, 0.3) is 5.91 Å². The van der Waals surface area contributed by atoms with Gasteiger partial charge in [0, 0.05) is 4.88 Å². The van der Waals surface area contributed by atoms with Crippen LogP contribution in [0.15, 0.2) is 35.7 Å². The van der Waals surface area contributed by atoms with Crippen LogP contribution in [0.2, 0.25) is 0 Å². The second-order valence-electron chi connectivity index (χ2n) is 5.33. The minimum atomic E-state index is -4.98. The molecule has 0 aliphatic heterocycles. The van der Waals surface area contributed by atoms with E-state index < -0.39 is 41.7 Å². The Morgan fingerprint density at radius 1 is 1.12 bits per heavy atom. The molecule has 0 aliphatic carbocycles. The molecular formula is C16H13F6NO2S. The highest BCUT2D eigenvalue weighted by atomic mass is 32.1. The molecule has 3 nitrogen and oxygen atoms in total.